The molecule has 0 spiro atoms. The Morgan fingerprint density at radius 2 is 1.50 bits per heavy atom. The van der Waals surface area contributed by atoms with Gasteiger partial charge in [0, 0.05) is 33.2 Å². The predicted octanol–water partition coefficient (Wildman–Crippen LogP) is 2.28. The van der Waals surface area contributed by atoms with Gasteiger partial charge in [-0.1, -0.05) is 12.1 Å². The molecule has 1 saturated heterocycles. The second-order valence-electron chi connectivity index (χ2n) is 7.73. The normalized spacial score (nSPS) is 17.4. The minimum Gasteiger partial charge on any atom is -0.271 e. The molecule has 8 nitrogen and oxygen atoms in total. The van der Waals surface area contributed by atoms with Crippen molar-refractivity contribution in [3.8, 4) is 0 Å². The number of nitrogens with zero attached hydrogens (tertiary/aromatic N) is 4. The van der Waals surface area contributed by atoms with Crippen molar-refractivity contribution >= 4 is 20.0 Å². The summed E-state index contributed by atoms with van der Waals surface area (Å²) in [5.74, 6) is -0.460. The molecular formula is C19H25F3N4O4S2. The second-order valence-corrected chi connectivity index (χ2v) is 11.6. The van der Waals surface area contributed by atoms with E-state index in [0.29, 0.717) is 17.8 Å². The van der Waals surface area contributed by atoms with Crippen LogP contribution in [0.3, 0.4) is 0 Å². The highest BCUT2D eigenvalue weighted by atomic mass is 32.2. The zero-order valence-electron chi connectivity index (χ0n) is 17.9. The molecule has 3 rings (SSSR count). The number of alkyl halides is 3. The molecule has 1 aliphatic heterocycles. The lowest BCUT2D eigenvalue weighted by molar-refractivity contribution is -0.137. The van der Waals surface area contributed by atoms with Crippen molar-refractivity contribution in [1.82, 2.24) is 18.4 Å². The summed E-state index contributed by atoms with van der Waals surface area (Å²) < 4.78 is 94.1. The molecular weight excluding hydrogens is 469 g/mol. The first-order valence-electron chi connectivity index (χ1n) is 9.88. The highest BCUT2D eigenvalue weighted by Crippen LogP contribution is 2.29. The maximum Gasteiger partial charge on any atom is 0.416 e. The molecule has 0 bridgehead atoms. The fourth-order valence-electron chi connectivity index (χ4n) is 3.74. The number of hydrogen-bond acceptors (Lipinski definition) is 5. The van der Waals surface area contributed by atoms with Gasteiger partial charge < -0.3 is 0 Å². The van der Waals surface area contributed by atoms with E-state index in [2.05, 4.69) is 5.10 Å². The standard InChI is InChI=1S/C19H25F3N4O4S2/c1-14-18(15(2)24(3)23-14)32(29,30)26-10-4-9-25(11-12-26)31(27,28)13-16-5-7-17(8-6-16)19(20,21)22/h5-8H,4,9-13H2,1-3H3. The van der Waals surface area contributed by atoms with Crippen LogP contribution in [0.25, 0.3) is 0 Å². The molecule has 0 atom stereocenters. The Labute approximate surface area is 185 Å². The first-order chi connectivity index (χ1) is 14.7. The van der Waals surface area contributed by atoms with Crippen molar-refractivity contribution in [2.24, 2.45) is 7.05 Å². The molecule has 0 saturated carbocycles. The van der Waals surface area contributed by atoms with E-state index >= 15 is 0 Å². The maximum absolute atomic E-state index is 13.2. The summed E-state index contributed by atoms with van der Waals surface area (Å²) in [7, 11) is -6.04. The van der Waals surface area contributed by atoms with Crippen molar-refractivity contribution in [1.29, 1.82) is 0 Å². The van der Waals surface area contributed by atoms with E-state index in [1.165, 1.54) is 13.3 Å². The number of rotatable bonds is 5. The molecule has 2 heterocycles. The second kappa shape index (κ2) is 8.76. The van der Waals surface area contributed by atoms with Crippen LogP contribution in [0, 0.1) is 13.8 Å². The monoisotopic (exact) mass is 494 g/mol. The topological polar surface area (TPSA) is 92.6 Å². The highest BCUT2D eigenvalue weighted by molar-refractivity contribution is 7.89. The van der Waals surface area contributed by atoms with Gasteiger partial charge in [-0.25, -0.2) is 21.1 Å². The molecule has 32 heavy (non-hydrogen) atoms. The lowest BCUT2D eigenvalue weighted by Gasteiger charge is -2.22. The van der Waals surface area contributed by atoms with Crippen LogP contribution in [0.2, 0.25) is 0 Å². The minimum absolute atomic E-state index is 0.0254. The van der Waals surface area contributed by atoms with E-state index in [9.17, 15) is 30.0 Å². The maximum atomic E-state index is 13.2. The van der Waals surface area contributed by atoms with Gasteiger partial charge in [0.1, 0.15) is 4.90 Å². The fourth-order valence-corrected chi connectivity index (χ4v) is 7.17. The first-order valence-corrected chi connectivity index (χ1v) is 12.9. The Morgan fingerprint density at radius 3 is 2.03 bits per heavy atom. The zero-order chi connectivity index (χ0) is 23.9. The molecule has 178 valence electrons. The van der Waals surface area contributed by atoms with E-state index in [1.807, 2.05) is 0 Å². The van der Waals surface area contributed by atoms with E-state index in [-0.39, 0.29) is 36.6 Å². The van der Waals surface area contributed by atoms with Crippen LogP contribution in [0.5, 0.6) is 0 Å². The van der Waals surface area contributed by atoms with Crippen LogP contribution in [-0.2, 0) is 39.0 Å². The van der Waals surface area contributed by atoms with Crippen LogP contribution in [0.15, 0.2) is 29.2 Å². The third-order valence-electron chi connectivity index (χ3n) is 5.48. The highest BCUT2D eigenvalue weighted by Gasteiger charge is 2.34. The van der Waals surface area contributed by atoms with Gasteiger partial charge in [0.2, 0.25) is 20.0 Å². The summed E-state index contributed by atoms with van der Waals surface area (Å²) in [5.41, 5.74) is 0.253. The molecule has 0 aliphatic carbocycles. The molecule has 1 aliphatic rings. The summed E-state index contributed by atoms with van der Waals surface area (Å²) >= 11 is 0. The Balaban J connectivity index is 1.74. The average molecular weight is 495 g/mol. The van der Waals surface area contributed by atoms with Gasteiger partial charge in [0.25, 0.3) is 0 Å². The predicted molar refractivity (Wildman–Crippen MR) is 112 cm³/mol. The number of benzene rings is 1. The van der Waals surface area contributed by atoms with Crippen molar-refractivity contribution in [3.63, 3.8) is 0 Å². The van der Waals surface area contributed by atoms with Gasteiger partial charge in [-0.05, 0) is 38.0 Å². The van der Waals surface area contributed by atoms with Crippen LogP contribution in [-0.4, -0.2) is 61.4 Å². The van der Waals surface area contributed by atoms with E-state index in [0.717, 1.165) is 24.3 Å². The van der Waals surface area contributed by atoms with Crippen molar-refractivity contribution in [3.05, 3.63) is 46.8 Å². The molecule has 1 aromatic heterocycles. The van der Waals surface area contributed by atoms with Crippen molar-refractivity contribution in [2.75, 3.05) is 26.2 Å². The van der Waals surface area contributed by atoms with Crippen LogP contribution in [0.1, 0.15) is 28.9 Å². The van der Waals surface area contributed by atoms with Crippen LogP contribution < -0.4 is 0 Å². The molecule has 13 heteroatoms. The van der Waals surface area contributed by atoms with Crippen molar-refractivity contribution < 1.29 is 30.0 Å². The van der Waals surface area contributed by atoms with Gasteiger partial charge in [0.15, 0.2) is 0 Å². The average Bonchev–Trinajstić information content (AvgIpc) is 2.86. The van der Waals surface area contributed by atoms with Gasteiger partial charge >= 0.3 is 6.18 Å². The molecule has 0 N–H and O–H groups in total. The summed E-state index contributed by atoms with van der Waals surface area (Å²) in [5, 5.41) is 4.15. The van der Waals surface area contributed by atoms with E-state index in [4.69, 9.17) is 0 Å². The number of hydrogen-bond donors (Lipinski definition) is 0. The molecule has 0 amide bonds. The summed E-state index contributed by atoms with van der Waals surface area (Å²) in [6.07, 6.45) is -4.20. The number of halogens is 3. The Bertz CT molecular complexity index is 1190. The van der Waals surface area contributed by atoms with Crippen molar-refractivity contribution in [2.45, 2.75) is 37.1 Å². The smallest absolute Gasteiger partial charge is 0.271 e. The molecule has 2 aromatic rings. The lowest BCUT2D eigenvalue weighted by Crippen LogP contribution is -2.38. The molecule has 0 radical (unpaired) electrons. The van der Waals surface area contributed by atoms with Gasteiger partial charge in [-0.3, -0.25) is 4.68 Å². The van der Waals surface area contributed by atoms with Gasteiger partial charge in [0.05, 0.1) is 22.7 Å². The molecule has 0 unspecified atom stereocenters. The zero-order valence-corrected chi connectivity index (χ0v) is 19.6. The minimum atomic E-state index is -4.50. The van der Waals surface area contributed by atoms with Crippen LogP contribution >= 0.6 is 0 Å². The Hall–Kier alpha value is -1.96. The SMILES string of the molecule is Cc1nn(C)c(C)c1S(=O)(=O)N1CCCN(S(=O)(=O)Cc2ccc(C(F)(F)F)cc2)CC1. The largest absolute Gasteiger partial charge is 0.416 e. The first kappa shape index (κ1) is 24.7. The molecule has 1 fully saturated rings. The molecule has 1 aromatic carbocycles. The van der Waals surface area contributed by atoms with Gasteiger partial charge in [-0.2, -0.15) is 22.6 Å². The third-order valence-corrected chi connectivity index (χ3v) is 9.48. The Kier molecular flexibility index (Phi) is 6.76. The van der Waals surface area contributed by atoms with Crippen LogP contribution in [0.4, 0.5) is 13.2 Å². The van der Waals surface area contributed by atoms with E-state index in [1.54, 1.807) is 20.9 Å². The summed E-state index contributed by atoms with van der Waals surface area (Å²) in [6.45, 7) is 3.48. The van der Waals surface area contributed by atoms with E-state index < -0.39 is 37.5 Å². The number of aromatic nitrogens is 2. The third kappa shape index (κ3) is 5.00. The Morgan fingerprint density at radius 1 is 0.938 bits per heavy atom. The fraction of sp³-hybridized carbons (Fsp3) is 0.526. The number of sulfonamides is 2. The lowest BCUT2D eigenvalue weighted by atomic mass is 10.1. The number of aryl methyl sites for hydroxylation is 2. The van der Waals surface area contributed by atoms with Gasteiger partial charge in [-0.15, -0.1) is 0 Å². The summed E-state index contributed by atoms with van der Waals surface area (Å²) in [6, 6.07) is 3.98. The summed E-state index contributed by atoms with van der Waals surface area (Å²) in [4.78, 5) is 0.126. The quantitative estimate of drug-likeness (QED) is 0.636.